The third-order valence-electron chi connectivity index (χ3n) is 6.99. The Morgan fingerprint density at radius 2 is 1.84 bits per heavy atom. The number of phenols is 1. The van der Waals surface area contributed by atoms with Gasteiger partial charge in [-0.15, -0.1) is 0 Å². The molecule has 5 N–H and O–H groups in total. The Balaban J connectivity index is 1.98. The van der Waals surface area contributed by atoms with E-state index in [0.29, 0.717) is 5.56 Å². The zero-order valence-corrected chi connectivity index (χ0v) is 17.3. The number of fused-ring (bicyclic) bond motifs is 3. The zero-order valence-electron chi connectivity index (χ0n) is 17.3. The number of likely N-dealkylation sites (N-methyl/N-ethyl adjacent to an activating group) is 1. The molecule has 31 heavy (non-hydrogen) atoms. The normalized spacial score (nSPS) is 37.1. The number of aromatic hydroxyl groups is 1. The van der Waals surface area contributed by atoms with Gasteiger partial charge in [0.2, 0.25) is 5.91 Å². The minimum atomic E-state index is -2.45. The second-order valence-corrected chi connectivity index (χ2v) is 8.84. The Morgan fingerprint density at radius 1 is 1.19 bits per heavy atom. The van der Waals surface area contributed by atoms with Gasteiger partial charge in [-0.1, -0.05) is 19.1 Å². The van der Waals surface area contributed by atoms with Crippen LogP contribution in [0.15, 0.2) is 29.8 Å². The summed E-state index contributed by atoms with van der Waals surface area (Å²) in [5.74, 6) is -8.48. The summed E-state index contributed by atoms with van der Waals surface area (Å²) < 4.78 is 0. The Labute approximate surface area is 178 Å². The molecule has 7 atom stereocenters. The molecule has 3 aliphatic rings. The van der Waals surface area contributed by atoms with Crippen molar-refractivity contribution in [2.24, 2.45) is 23.5 Å². The van der Waals surface area contributed by atoms with E-state index in [1.54, 1.807) is 19.1 Å². The summed E-state index contributed by atoms with van der Waals surface area (Å²) in [6, 6.07) is 3.44. The first-order valence-corrected chi connectivity index (χ1v) is 9.97. The van der Waals surface area contributed by atoms with Crippen molar-refractivity contribution in [1.82, 2.24) is 4.90 Å². The van der Waals surface area contributed by atoms with Crippen molar-refractivity contribution in [2.75, 3.05) is 14.1 Å². The molecule has 0 aliphatic heterocycles. The van der Waals surface area contributed by atoms with Crippen molar-refractivity contribution in [2.45, 2.75) is 30.6 Å². The first kappa shape index (κ1) is 21.4. The number of carbonyl (C=O) groups excluding carboxylic acids is 4. The number of Topliss-reactive ketones (excluding diaryl/α,β-unsaturated/α-hetero) is 3. The average molecular weight is 428 g/mol. The Hall–Kier alpha value is -2.88. The number of ketones is 3. The van der Waals surface area contributed by atoms with Crippen molar-refractivity contribution in [1.29, 1.82) is 0 Å². The molecule has 3 unspecified atom stereocenters. The molecule has 1 amide bonds. The van der Waals surface area contributed by atoms with Crippen LogP contribution in [0.1, 0.15) is 28.8 Å². The number of hydrogen-bond acceptors (Lipinski definition) is 8. The lowest BCUT2D eigenvalue weighted by Gasteiger charge is -2.53. The number of phenolic OH excluding ortho intramolecular Hbond substituents is 1. The predicted molar refractivity (Wildman–Crippen MR) is 107 cm³/mol. The second kappa shape index (κ2) is 6.81. The molecule has 164 valence electrons. The molecule has 0 spiro atoms. The topological polar surface area (TPSA) is 158 Å². The fourth-order valence-electron chi connectivity index (χ4n) is 5.62. The molecule has 1 saturated carbocycles. The molecular weight excluding hydrogens is 404 g/mol. The summed E-state index contributed by atoms with van der Waals surface area (Å²) in [4.78, 5) is 52.7. The van der Waals surface area contributed by atoms with Crippen LogP contribution in [-0.4, -0.2) is 75.3 Å². The molecule has 0 bridgehead atoms. The SMILES string of the molecule is C[C@H]1c2cccc(O)c2C(=O)C2=C[C@]3(O)C(=O)C(C(N)=O)C(=O)[C@@H](N(C)C)C3[C@@H](O)C21. The fraction of sp³-hybridized carbons (Fsp3) is 0.455. The van der Waals surface area contributed by atoms with Crippen LogP contribution in [0.4, 0.5) is 0 Å². The zero-order chi connectivity index (χ0) is 23.0. The summed E-state index contributed by atoms with van der Waals surface area (Å²) in [6.45, 7) is 1.76. The van der Waals surface area contributed by atoms with Gasteiger partial charge in [-0.05, 0) is 37.7 Å². The number of aliphatic hydroxyl groups is 2. The van der Waals surface area contributed by atoms with Crippen LogP contribution in [0.25, 0.3) is 0 Å². The van der Waals surface area contributed by atoms with Crippen LogP contribution >= 0.6 is 0 Å². The number of amides is 1. The van der Waals surface area contributed by atoms with Crippen molar-refractivity contribution >= 4 is 23.3 Å². The van der Waals surface area contributed by atoms with E-state index in [0.717, 1.165) is 6.08 Å². The summed E-state index contributed by atoms with van der Waals surface area (Å²) in [5.41, 5.74) is 3.38. The Kier molecular flexibility index (Phi) is 4.69. The van der Waals surface area contributed by atoms with Gasteiger partial charge in [0.25, 0.3) is 0 Å². The van der Waals surface area contributed by atoms with Crippen molar-refractivity contribution in [3.8, 4) is 5.75 Å². The standard InChI is InChI=1S/C22H24N2O7/c1-8-9-5-4-6-11(25)13(9)17(26)10-7-22(31)15(18(27)12(8)10)16(24(2)3)19(28)14(20(22)29)21(23)30/h4-8,12,14-16,18,25,27,31H,1-3H3,(H2,23,30)/t8-,12?,14?,15?,16-,18-,22+/m0/s1. The average Bonchev–Trinajstić information content (AvgIpc) is 2.67. The first-order valence-electron chi connectivity index (χ1n) is 9.97. The van der Waals surface area contributed by atoms with Crippen LogP contribution in [0.5, 0.6) is 5.75 Å². The molecule has 0 radical (unpaired) electrons. The first-order chi connectivity index (χ1) is 14.4. The fourth-order valence-corrected chi connectivity index (χ4v) is 5.62. The van der Waals surface area contributed by atoms with Gasteiger partial charge >= 0.3 is 0 Å². The number of carbonyl (C=O) groups is 4. The van der Waals surface area contributed by atoms with E-state index in [1.807, 2.05) is 0 Å². The van der Waals surface area contributed by atoms with E-state index in [1.165, 1.54) is 25.1 Å². The lowest BCUT2D eigenvalue weighted by atomic mass is 9.54. The maximum absolute atomic E-state index is 13.3. The summed E-state index contributed by atoms with van der Waals surface area (Å²) >= 11 is 0. The van der Waals surface area contributed by atoms with Crippen LogP contribution < -0.4 is 5.73 Å². The van der Waals surface area contributed by atoms with E-state index < -0.39 is 64.7 Å². The number of aliphatic hydroxyl groups excluding tert-OH is 1. The van der Waals surface area contributed by atoms with Gasteiger partial charge in [0.05, 0.1) is 17.7 Å². The summed E-state index contributed by atoms with van der Waals surface area (Å²) in [6.07, 6.45) is -0.390. The van der Waals surface area contributed by atoms with Gasteiger partial charge in [0, 0.05) is 17.4 Å². The monoisotopic (exact) mass is 428 g/mol. The van der Waals surface area contributed by atoms with E-state index in [2.05, 4.69) is 0 Å². The second-order valence-electron chi connectivity index (χ2n) is 8.84. The molecule has 4 rings (SSSR count). The molecule has 0 heterocycles. The third-order valence-corrected chi connectivity index (χ3v) is 6.99. The number of hydrogen-bond donors (Lipinski definition) is 4. The van der Waals surface area contributed by atoms with Crippen molar-refractivity contribution in [3.05, 3.63) is 41.0 Å². The molecule has 9 heteroatoms. The van der Waals surface area contributed by atoms with E-state index >= 15 is 0 Å². The minimum absolute atomic E-state index is 0.0313. The Bertz CT molecular complexity index is 1060. The van der Waals surface area contributed by atoms with Gasteiger partial charge in [0.1, 0.15) is 11.4 Å². The number of rotatable bonds is 2. The van der Waals surface area contributed by atoms with Crippen LogP contribution in [0, 0.1) is 17.8 Å². The lowest BCUT2D eigenvalue weighted by molar-refractivity contribution is -0.174. The van der Waals surface area contributed by atoms with E-state index in [9.17, 15) is 34.5 Å². The molecule has 9 nitrogen and oxygen atoms in total. The van der Waals surface area contributed by atoms with Crippen LogP contribution in [0.2, 0.25) is 0 Å². The number of nitrogens with two attached hydrogens (primary N) is 1. The number of nitrogens with zero attached hydrogens (tertiary/aromatic N) is 1. The number of benzene rings is 1. The molecule has 1 aromatic rings. The van der Waals surface area contributed by atoms with Gasteiger partial charge < -0.3 is 21.1 Å². The minimum Gasteiger partial charge on any atom is -0.507 e. The van der Waals surface area contributed by atoms with Crippen molar-refractivity contribution in [3.63, 3.8) is 0 Å². The van der Waals surface area contributed by atoms with Gasteiger partial charge in [0.15, 0.2) is 23.3 Å². The summed E-state index contributed by atoms with van der Waals surface area (Å²) in [7, 11) is 3.07. The quantitative estimate of drug-likeness (QED) is 0.443. The van der Waals surface area contributed by atoms with E-state index in [-0.39, 0.29) is 16.9 Å². The maximum atomic E-state index is 13.3. The van der Waals surface area contributed by atoms with Gasteiger partial charge in [-0.3, -0.25) is 24.1 Å². The van der Waals surface area contributed by atoms with Gasteiger partial charge in [-0.2, -0.15) is 0 Å². The smallest absolute Gasteiger partial charge is 0.235 e. The maximum Gasteiger partial charge on any atom is 0.235 e. The molecular formula is C22H24N2O7. The molecule has 0 saturated heterocycles. The highest BCUT2D eigenvalue weighted by Crippen LogP contribution is 2.52. The highest BCUT2D eigenvalue weighted by atomic mass is 16.3. The Morgan fingerprint density at radius 3 is 2.42 bits per heavy atom. The molecule has 0 aromatic heterocycles. The predicted octanol–water partition coefficient (Wildman–Crippen LogP) is -0.860. The van der Waals surface area contributed by atoms with E-state index in [4.69, 9.17) is 5.73 Å². The van der Waals surface area contributed by atoms with Crippen molar-refractivity contribution < 1.29 is 34.5 Å². The summed E-state index contributed by atoms with van der Waals surface area (Å²) in [5, 5.41) is 33.1. The lowest BCUT2D eigenvalue weighted by Crippen LogP contribution is -2.71. The molecule has 3 aliphatic carbocycles. The van der Waals surface area contributed by atoms with Crippen LogP contribution in [0.3, 0.4) is 0 Å². The van der Waals surface area contributed by atoms with Gasteiger partial charge in [-0.25, -0.2) is 0 Å². The third kappa shape index (κ3) is 2.67. The van der Waals surface area contributed by atoms with Crippen LogP contribution in [-0.2, 0) is 14.4 Å². The highest BCUT2D eigenvalue weighted by Gasteiger charge is 2.66. The molecule has 1 fully saturated rings. The number of primary amides is 1. The highest BCUT2D eigenvalue weighted by molar-refractivity contribution is 6.25. The largest absolute Gasteiger partial charge is 0.507 e. The molecule has 1 aromatic carbocycles.